The molecule has 0 aromatic rings. The van der Waals surface area contributed by atoms with Crippen molar-refractivity contribution in [2.24, 2.45) is 0 Å². The first kappa shape index (κ1) is 98.1. The number of rotatable bonds is 64. The molecule has 5 unspecified atom stereocenters. The van der Waals surface area contributed by atoms with Crippen LogP contribution in [0, 0.1) is 0 Å². The van der Waals surface area contributed by atoms with Crippen molar-refractivity contribution < 1.29 is 139 Å². The number of carbonyl (C=O) groups is 4. The zero-order valence-corrected chi connectivity index (χ0v) is 65.2. The first-order chi connectivity index (χ1) is 44.7. The van der Waals surface area contributed by atoms with Crippen molar-refractivity contribution in [1.29, 1.82) is 0 Å². The maximum absolute atomic E-state index is 12.9. The van der Waals surface area contributed by atoms with Crippen molar-refractivity contribution in [3.05, 3.63) is 110 Å². The molecule has 0 saturated heterocycles. The number of unbranched alkanes of at least 4 members (excludes halogenated alkanes) is 22. The van der Waals surface area contributed by atoms with Gasteiger partial charge < -0.3 is 51.9 Å². The third kappa shape index (κ3) is 74.0. The summed E-state index contributed by atoms with van der Waals surface area (Å²) in [6, 6.07) is 0. The minimum absolute atomic E-state index is 0. The molecule has 0 aliphatic rings. The van der Waals surface area contributed by atoms with E-state index in [2.05, 4.69) is 138 Å². The number of esters is 4. The van der Waals surface area contributed by atoms with Gasteiger partial charge in [-0.3, -0.25) is 28.3 Å². The number of carbonyl (C=O) groups excluding carboxylic acids is 4. The van der Waals surface area contributed by atoms with Crippen LogP contribution in [0.15, 0.2) is 110 Å². The molecule has 1 N–H and O–H groups in total. The molecule has 530 valence electrons. The molecule has 0 spiro atoms. The molecule has 21 heteroatoms. The van der Waals surface area contributed by atoms with Gasteiger partial charge in [0.15, 0.2) is 12.2 Å². The Bertz CT molecular complexity index is 2130. The maximum Gasteiger partial charge on any atom is 1.00 e. The molecule has 0 heterocycles. The first-order valence-corrected chi connectivity index (χ1v) is 37.9. The Hall–Kier alpha value is -2.28. The monoisotopic (exact) mass is 1380 g/mol. The molecule has 0 radical (unpaired) electrons. The van der Waals surface area contributed by atoms with Crippen LogP contribution in [0.5, 0.6) is 0 Å². The molecule has 0 saturated carbocycles. The van der Waals surface area contributed by atoms with Crippen LogP contribution < -0.4 is 68.9 Å². The van der Waals surface area contributed by atoms with Crippen molar-refractivity contribution in [3.63, 3.8) is 0 Å². The topological polar surface area (TPSA) is 243 Å². The van der Waals surface area contributed by atoms with Gasteiger partial charge in [-0.25, -0.2) is 0 Å². The van der Waals surface area contributed by atoms with Gasteiger partial charge in [0.2, 0.25) is 0 Å². The van der Waals surface area contributed by atoms with E-state index in [-0.39, 0.29) is 84.8 Å². The van der Waals surface area contributed by atoms with Gasteiger partial charge >= 0.3 is 83.0 Å². The summed E-state index contributed by atoms with van der Waals surface area (Å²) in [6.45, 7) is 10.1. The number of aliphatic hydroxyl groups is 1. The number of ether oxygens (including phenoxy) is 4. The van der Waals surface area contributed by atoms with Crippen molar-refractivity contribution in [3.8, 4) is 0 Å². The van der Waals surface area contributed by atoms with E-state index in [1.54, 1.807) is 0 Å². The Morgan fingerprint density at radius 2 is 0.596 bits per heavy atom. The van der Waals surface area contributed by atoms with Gasteiger partial charge in [-0.2, -0.15) is 0 Å². The molecule has 0 aliphatic carbocycles. The smallest absolute Gasteiger partial charge is 0.756 e. The summed E-state index contributed by atoms with van der Waals surface area (Å²) in [6.07, 6.45) is 62.3. The molecule has 0 bridgehead atoms. The second-order valence-electron chi connectivity index (χ2n) is 22.7. The van der Waals surface area contributed by atoms with Gasteiger partial charge in [-0.15, -0.1) is 13.2 Å². The van der Waals surface area contributed by atoms with E-state index >= 15 is 0 Å². The Morgan fingerprint density at radius 3 is 0.872 bits per heavy atom. The average Bonchev–Trinajstić information content (AvgIpc) is 2.10. The number of phosphoric acid groups is 2. The largest absolute Gasteiger partial charge is 1.00 e. The van der Waals surface area contributed by atoms with E-state index in [1.165, 1.54) is 38.5 Å². The minimum atomic E-state index is -5.24. The predicted octanol–water partition coefficient (Wildman–Crippen LogP) is 12.4. The Balaban J connectivity index is -0.0000100. The molecule has 0 rings (SSSR count). The standard InChI is InChI=1S/C71H122O17P2.C2H4.2Na/c1-5-9-13-17-21-25-29-32-36-40-44-48-52-56-69(74)82-62-67(88-71(76)58-54-50-46-42-38-34-31-27-23-19-15-11-7-3)64-86-90(79,80)84-60-65(72)59-83-89(77,78)85-63-66(61-81-68(73)55-51-47-43-39-35-28-24-20-16-12-8-4)87-70(75)57-53-49-45-41-37-33-30-26-22-18-14-10-6-2;1-2;;/h12,16-19,21-24,28-34,65-67,72H,5-11,13-15,20,25-27,35-64H2,1-4H3,(H,77,78)(H,79,80);1-2H2;;/q;;2*+1/p-2/b16-12-,21-17-,22-18?,23-19?,28-24?,32-29?,33-30?,34-31?;;;. The minimum Gasteiger partial charge on any atom is -0.756 e. The van der Waals surface area contributed by atoms with Crippen LogP contribution in [0.25, 0.3) is 0 Å². The number of hydrogen-bond acceptors (Lipinski definition) is 17. The predicted molar refractivity (Wildman–Crippen MR) is 369 cm³/mol. The molecule has 0 amide bonds. The second kappa shape index (κ2) is 74.9. The van der Waals surface area contributed by atoms with E-state index in [1.807, 2.05) is 0 Å². The normalized spacial score (nSPS) is 14.1. The van der Waals surface area contributed by atoms with Gasteiger partial charge in [-0.05, 0) is 128 Å². The molecular formula is C73H124Na2O17P2. The van der Waals surface area contributed by atoms with Gasteiger partial charge in [0, 0.05) is 25.7 Å². The summed E-state index contributed by atoms with van der Waals surface area (Å²) >= 11 is 0. The molecule has 0 fully saturated rings. The second-order valence-corrected chi connectivity index (χ2v) is 25.5. The van der Waals surface area contributed by atoms with Crippen LogP contribution in [-0.2, 0) is 65.4 Å². The Morgan fingerprint density at radius 1 is 0.351 bits per heavy atom. The molecule has 0 aromatic heterocycles. The van der Waals surface area contributed by atoms with E-state index in [9.17, 15) is 43.2 Å². The maximum atomic E-state index is 12.9. The molecule has 5 atom stereocenters. The van der Waals surface area contributed by atoms with E-state index in [0.29, 0.717) is 25.7 Å². The molecule has 0 aliphatic heterocycles. The summed E-state index contributed by atoms with van der Waals surface area (Å²) in [5, 5.41) is 10.5. The van der Waals surface area contributed by atoms with E-state index in [4.69, 9.17) is 37.0 Å². The number of hydrogen-bond donors (Lipinski definition) is 1. The Labute approximate surface area is 614 Å². The third-order valence-electron chi connectivity index (χ3n) is 14.0. The summed E-state index contributed by atoms with van der Waals surface area (Å²) in [7, 11) is -10.5. The average molecular weight is 1380 g/mol. The molecule has 0 aromatic carbocycles. The van der Waals surface area contributed by atoms with E-state index < -0.39 is 97.5 Å². The Kier molecular flexibility index (Phi) is 78.2. The fourth-order valence-corrected chi connectivity index (χ4v) is 10.2. The van der Waals surface area contributed by atoms with Crippen LogP contribution in [0.4, 0.5) is 0 Å². The zero-order valence-electron chi connectivity index (χ0n) is 59.4. The number of allylic oxidation sites excluding steroid dienone is 16. The van der Waals surface area contributed by atoms with Gasteiger partial charge in [0.1, 0.15) is 19.3 Å². The fourth-order valence-electron chi connectivity index (χ4n) is 8.65. The SMILES string of the molecule is C=C.CC/C=C\CC=CCCCCCCC(=O)OCC(COP(=O)([O-])OCC(O)COP(=O)([O-])OCC(COC(=O)CCCCCCC=CC/C=C\CCCC)OC(=O)CCCCCCC=CCC=CCCCC)OC(=O)CCCCCCC=CCC=CCCCC.[Na+].[Na+]. The van der Waals surface area contributed by atoms with Crippen molar-refractivity contribution in [2.45, 2.75) is 290 Å². The molecule has 17 nitrogen and oxygen atoms in total. The summed E-state index contributed by atoms with van der Waals surface area (Å²) < 4.78 is 67.2. The van der Waals surface area contributed by atoms with Crippen molar-refractivity contribution in [1.82, 2.24) is 0 Å². The van der Waals surface area contributed by atoms with Gasteiger partial charge in [-0.1, -0.05) is 215 Å². The van der Waals surface area contributed by atoms with Crippen LogP contribution in [0.3, 0.4) is 0 Å². The van der Waals surface area contributed by atoms with Crippen molar-refractivity contribution in [2.75, 3.05) is 39.6 Å². The van der Waals surface area contributed by atoms with E-state index in [0.717, 1.165) is 154 Å². The third-order valence-corrected chi connectivity index (χ3v) is 15.8. The number of aliphatic hydroxyl groups excluding tert-OH is 1. The molecule has 94 heavy (non-hydrogen) atoms. The number of phosphoric ester groups is 2. The van der Waals surface area contributed by atoms with Crippen LogP contribution in [-0.4, -0.2) is 86.9 Å². The zero-order chi connectivity index (χ0) is 68.1. The summed E-state index contributed by atoms with van der Waals surface area (Å²) in [5.41, 5.74) is 0. The van der Waals surface area contributed by atoms with Gasteiger partial charge in [0.25, 0.3) is 15.6 Å². The summed E-state index contributed by atoms with van der Waals surface area (Å²) in [4.78, 5) is 77.0. The van der Waals surface area contributed by atoms with Gasteiger partial charge in [0.05, 0.1) is 26.4 Å². The fraction of sp³-hybridized carbons (Fsp3) is 0.699. The quantitative estimate of drug-likeness (QED) is 0.0149. The van der Waals surface area contributed by atoms with Crippen LogP contribution in [0.1, 0.15) is 272 Å². The van der Waals surface area contributed by atoms with Crippen LogP contribution in [0.2, 0.25) is 0 Å². The van der Waals surface area contributed by atoms with Crippen molar-refractivity contribution >= 4 is 39.5 Å². The summed E-state index contributed by atoms with van der Waals surface area (Å²) in [5.74, 6) is -2.35. The molecular weight excluding hydrogens is 1260 g/mol. The first-order valence-electron chi connectivity index (χ1n) is 34.9. The van der Waals surface area contributed by atoms with Crippen LogP contribution >= 0.6 is 15.6 Å².